The van der Waals surface area contributed by atoms with E-state index >= 15 is 0 Å². The quantitative estimate of drug-likeness (QED) is 0.653. The highest BCUT2D eigenvalue weighted by Gasteiger charge is 2.19. The topological polar surface area (TPSA) is 92.9 Å². The lowest BCUT2D eigenvalue weighted by molar-refractivity contribution is -0.113. The van der Waals surface area contributed by atoms with Crippen LogP contribution in [0, 0.1) is 0 Å². The molecule has 1 aromatic carbocycles. The van der Waals surface area contributed by atoms with Gasteiger partial charge in [-0.3, -0.25) is 4.79 Å². The number of aliphatic hydroxyl groups is 1. The number of nitrogens with one attached hydrogen (secondary N) is 1. The molecule has 1 atom stereocenters. The van der Waals surface area contributed by atoms with Gasteiger partial charge < -0.3 is 15.0 Å². The minimum atomic E-state index is -0.859. The van der Waals surface area contributed by atoms with Crippen LogP contribution in [0.25, 0.3) is 0 Å². The molecule has 7 nitrogen and oxygen atoms in total. The molecule has 0 aliphatic carbocycles. The average molecular weight is 361 g/mol. The Kier molecular flexibility index (Phi) is 5.24. The van der Waals surface area contributed by atoms with Gasteiger partial charge in [0.25, 0.3) is 0 Å². The third-order valence-electron chi connectivity index (χ3n) is 3.24. The van der Waals surface area contributed by atoms with Crippen molar-refractivity contribution in [2.45, 2.75) is 11.3 Å². The van der Waals surface area contributed by atoms with E-state index in [9.17, 15) is 9.90 Å². The summed E-state index contributed by atoms with van der Waals surface area (Å²) in [7, 11) is 1.77. The number of aromatic nitrogens is 4. The molecule has 3 rings (SSSR count). The summed E-state index contributed by atoms with van der Waals surface area (Å²) in [5.41, 5.74) is 0.742. The Morgan fingerprint density at radius 3 is 2.88 bits per heavy atom. The first kappa shape index (κ1) is 16.6. The third-order valence-corrected chi connectivity index (χ3v) is 4.95. The van der Waals surface area contributed by atoms with E-state index in [-0.39, 0.29) is 11.7 Å². The molecule has 2 N–H and O–H groups in total. The van der Waals surface area contributed by atoms with Gasteiger partial charge in [-0.2, -0.15) is 0 Å². The lowest BCUT2D eigenvalue weighted by atomic mass is 10.1. The molecule has 0 bridgehead atoms. The highest BCUT2D eigenvalue weighted by Crippen LogP contribution is 2.23. The maximum atomic E-state index is 11.9. The van der Waals surface area contributed by atoms with E-state index < -0.39 is 6.10 Å². The minimum absolute atomic E-state index is 0.164. The fraction of sp³-hybridized carbons (Fsp3) is 0.200. The molecule has 9 heteroatoms. The number of carbonyl (C=O) groups excluding carboxylic acids is 1. The molecule has 0 saturated heterocycles. The Balaban J connectivity index is 1.63. The van der Waals surface area contributed by atoms with E-state index in [4.69, 9.17) is 0 Å². The van der Waals surface area contributed by atoms with Crippen molar-refractivity contribution in [3.63, 3.8) is 0 Å². The average Bonchev–Trinajstić information content (AvgIpc) is 3.23. The Bertz CT molecular complexity index is 805. The predicted octanol–water partition coefficient (Wildman–Crippen LogP) is 2.08. The van der Waals surface area contributed by atoms with Gasteiger partial charge in [-0.25, -0.2) is 4.98 Å². The summed E-state index contributed by atoms with van der Waals surface area (Å²) in [5.74, 6) is 0.458. The van der Waals surface area contributed by atoms with Crippen LogP contribution < -0.4 is 5.32 Å². The number of anilines is 1. The van der Waals surface area contributed by atoms with Gasteiger partial charge in [0, 0.05) is 18.6 Å². The van der Waals surface area contributed by atoms with Gasteiger partial charge in [0.1, 0.15) is 6.10 Å². The molecular formula is C15H15N5O2S2. The molecule has 0 aliphatic rings. The predicted molar refractivity (Wildman–Crippen MR) is 93.0 cm³/mol. The maximum Gasteiger partial charge on any atom is 0.236 e. The van der Waals surface area contributed by atoms with Crippen molar-refractivity contribution in [3.8, 4) is 0 Å². The van der Waals surface area contributed by atoms with Crippen molar-refractivity contribution in [2.75, 3.05) is 11.1 Å². The number of amides is 1. The zero-order valence-electron chi connectivity index (χ0n) is 12.8. The molecule has 0 aliphatic heterocycles. The number of rotatable bonds is 6. The molecule has 2 heterocycles. The molecule has 0 unspecified atom stereocenters. The Labute approximate surface area is 146 Å². The van der Waals surface area contributed by atoms with E-state index in [1.54, 1.807) is 23.2 Å². The Morgan fingerprint density at radius 2 is 2.17 bits per heavy atom. The number of nitrogens with zero attached hydrogens (tertiary/aromatic N) is 4. The molecule has 0 saturated carbocycles. The first-order chi connectivity index (χ1) is 11.6. The van der Waals surface area contributed by atoms with Crippen molar-refractivity contribution in [2.24, 2.45) is 7.05 Å². The van der Waals surface area contributed by atoms with Crippen molar-refractivity contribution in [3.05, 3.63) is 53.3 Å². The standard InChI is InChI=1S/C15H15N5O2S2/c1-20-13(12(22)10-5-3-2-4-6-10)18-19-15(20)24-9-11(21)17-14-16-7-8-23-14/h2-8,12,22H,9H2,1H3,(H,16,17,21)/t12-/m0/s1. The molecule has 3 aromatic rings. The highest BCUT2D eigenvalue weighted by molar-refractivity contribution is 7.99. The van der Waals surface area contributed by atoms with Gasteiger partial charge in [-0.1, -0.05) is 42.1 Å². The van der Waals surface area contributed by atoms with Crippen LogP contribution in [-0.4, -0.2) is 36.5 Å². The summed E-state index contributed by atoms with van der Waals surface area (Å²) in [4.78, 5) is 15.9. The minimum Gasteiger partial charge on any atom is -0.380 e. The molecular weight excluding hydrogens is 346 g/mol. The zero-order valence-corrected chi connectivity index (χ0v) is 14.4. The Morgan fingerprint density at radius 1 is 1.38 bits per heavy atom. The molecule has 0 spiro atoms. The van der Waals surface area contributed by atoms with Gasteiger partial charge in [0.15, 0.2) is 16.1 Å². The summed E-state index contributed by atoms with van der Waals surface area (Å²) in [6.07, 6.45) is 0.773. The summed E-state index contributed by atoms with van der Waals surface area (Å²) in [5, 5.41) is 24.2. The molecule has 1 amide bonds. The van der Waals surface area contributed by atoms with Crippen LogP contribution in [0.15, 0.2) is 47.1 Å². The fourth-order valence-electron chi connectivity index (χ4n) is 2.04. The first-order valence-electron chi connectivity index (χ1n) is 7.09. The lowest BCUT2D eigenvalue weighted by Crippen LogP contribution is -2.14. The van der Waals surface area contributed by atoms with E-state index in [2.05, 4.69) is 20.5 Å². The van der Waals surface area contributed by atoms with Crippen molar-refractivity contribution < 1.29 is 9.90 Å². The first-order valence-corrected chi connectivity index (χ1v) is 8.96. The van der Waals surface area contributed by atoms with Gasteiger partial charge >= 0.3 is 0 Å². The van der Waals surface area contributed by atoms with E-state index in [0.29, 0.717) is 16.1 Å². The van der Waals surface area contributed by atoms with Gasteiger partial charge in [0.2, 0.25) is 5.91 Å². The second kappa shape index (κ2) is 7.56. The van der Waals surface area contributed by atoms with Crippen LogP contribution in [0.3, 0.4) is 0 Å². The second-order valence-electron chi connectivity index (χ2n) is 4.89. The number of thioether (sulfide) groups is 1. The van der Waals surface area contributed by atoms with Crippen molar-refractivity contribution >= 4 is 34.1 Å². The number of thiazole rings is 1. The summed E-state index contributed by atoms with van der Waals surface area (Å²) < 4.78 is 1.69. The summed E-state index contributed by atoms with van der Waals surface area (Å²) >= 11 is 2.62. The smallest absolute Gasteiger partial charge is 0.236 e. The largest absolute Gasteiger partial charge is 0.380 e. The number of aliphatic hydroxyl groups excluding tert-OH is 1. The lowest BCUT2D eigenvalue weighted by Gasteiger charge is -2.10. The monoisotopic (exact) mass is 361 g/mol. The van der Waals surface area contributed by atoms with Crippen molar-refractivity contribution in [1.29, 1.82) is 0 Å². The van der Waals surface area contributed by atoms with Crippen molar-refractivity contribution in [1.82, 2.24) is 19.7 Å². The highest BCUT2D eigenvalue weighted by atomic mass is 32.2. The Hall–Kier alpha value is -2.23. The fourth-order valence-corrected chi connectivity index (χ4v) is 3.31. The normalized spacial score (nSPS) is 12.1. The SMILES string of the molecule is Cn1c(SCC(=O)Nc2nccs2)nnc1[C@@H](O)c1ccccc1. The molecule has 124 valence electrons. The van der Waals surface area contributed by atoms with E-state index in [1.165, 1.54) is 23.1 Å². The summed E-state index contributed by atoms with van der Waals surface area (Å²) in [6, 6.07) is 9.25. The van der Waals surface area contributed by atoms with Crippen LogP contribution in [0.1, 0.15) is 17.5 Å². The molecule has 0 fully saturated rings. The van der Waals surface area contributed by atoms with E-state index in [1.807, 2.05) is 30.3 Å². The van der Waals surface area contributed by atoms with Gasteiger partial charge in [-0.15, -0.1) is 21.5 Å². The van der Waals surface area contributed by atoms with Crippen LogP contribution >= 0.6 is 23.1 Å². The van der Waals surface area contributed by atoms with Crippen LogP contribution in [-0.2, 0) is 11.8 Å². The molecule has 24 heavy (non-hydrogen) atoms. The maximum absolute atomic E-state index is 11.9. The summed E-state index contributed by atoms with van der Waals surface area (Å²) in [6.45, 7) is 0. The zero-order chi connectivity index (χ0) is 16.9. The van der Waals surface area contributed by atoms with Gasteiger partial charge in [-0.05, 0) is 5.56 Å². The van der Waals surface area contributed by atoms with E-state index in [0.717, 1.165) is 5.56 Å². The number of carbonyl (C=O) groups is 1. The van der Waals surface area contributed by atoms with Crippen LogP contribution in [0.2, 0.25) is 0 Å². The van der Waals surface area contributed by atoms with Crippen LogP contribution in [0.4, 0.5) is 5.13 Å². The van der Waals surface area contributed by atoms with Crippen LogP contribution in [0.5, 0.6) is 0 Å². The second-order valence-corrected chi connectivity index (χ2v) is 6.72. The third kappa shape index (κ3) is 3.81. The molecule has 2 aromatic heterocycles. The number of benzene rings is 1. The van der Waals surface area contributed by atoms with Gasteiger partial charge in [0.05, 0.1) is 5.75 Å². The molecule has 0 radical (unpaired) electrons. The number of hydrogen-bond acceptors (Lipinski definition) is 7. The number of hydrogen-bond donors (Lipinski definition) is 2.